The zero-order chi connectivity index (χ0) is 25.5. The van der Waals surface area contributed by atoms with Gasteiger partial charge in [0.1, 0.15) is 30.1 Å². The Morgan fingerprint density at radius 3 is 2.44 bits per heavy atom. The van der Waals surface area contributed by atoms with Crippen LogP contribution in [-0.4, -0.2) is 56.1 Å². The van der Waals surface area contributed by atoms with Crippen molar-refractivity contribution in [3.05, 3.63) is 86.9 Å². The molecule has 36 heavy (non-hydrogen) atoms. The van der Waals surface area contributed by atoms with E-state index in [9.17, 15) is 9.59 Å². The minimum Gasteiger partial charge on any atom is -0.497 e. The average molecular weight is 513 g/mol. The number of rotatable bonds is 9. The third-order valence-corrected chi connectivity index (χ3v) is 6.50. The number of ether oxygens (including phenoxy) is 3. The molecule has 0 N–H and O–H groups in total. The summed E-state index contributed by atoms with van der Waals surface area (Å²) >= 11 is 6.14. The molecule has 1 aromatic heterocycles. The van der Waals surface area contributed by atoms with Crippen molar-refractivity contribution in [2.45, 2.75) is 19.6 Å². The molecule has 1 aliphatic rings. The summed E-state index contributed by atoms with van der Waals surface area (Å²) in [5.41, 5.74) is 1.34. The second-order valence-corrected chi connectivity index (χ2v) is 8.87. The SMILES string of the molecule is COc1ccc(OC)c(CC(=O)N2CCN(Cc3cc(=O)c(OCc4ccccc4Cl)co3)CC2)c1. The highest BCUT2D eigenvalue weighted by Crippen LogP contribution is 2.25. The van der Waals surface area contributed by atoms with Crippen LogP contribution in [0.15, 0.2) is 64.0 Å². The Balaban J connectivity index is 1.28. The van der Waals surface area contributed by atoms with E-state index in [-0.39, 0.29) is 30.1 Å². The summed E-state index contributed by atoms with van der Waals surface area (Å²) in [6.45, 7) is 3.20. The van der Waals surface area contributed by atoms with E-state index < -0.39 is 0 Å². The second-order valence-electron chi connectivity index (χ2n) is 8.47. The number of hydrogen-bond acceptors (Lipinski definition) is 7. The molecule has 1 fully saturated rings. The Kier molecular flexibility index (Phi) is 8.51. The summed E-state index contributed by atoms with van der Waals surface area (Å²) in [6.07, 6.45) is 1.58. The van der Waals surface area contributed by atoms with Gasteiger partial charge in [-0.2, -0.15) is 0 Å². The predicted molar refractivity (Wildman–Crippen MR) is 136 cm³/mol. The van der Waals surface area contributed by atoms with Gasteiger partial charge in [-0.3, -0.25) is 14.5 Å². The van der Waals surface area contributed by atoms with Crippen LogP contribution >= 0.6 is 11.6 Å². The molecule has 2 heterocycles. The minimum absolute atomic E-state index is 0.0350. The van der Waals surface area contributed by atoms with E-state index in [1.54, 1.807) is 26.4 Å². The molecule has 4 rings (SSSR count). The molecule has 1 saturated heterocycles. The molecule has 0 atom stereocenters. The number of amides is 1. The molecule has 8 nitrogen and oxygen atoms in total. The molecule has 1 amide bonds. The molecule has 3 aromatic rings. The van der Waals surface area contributed by atoms with E-state index >= 15 is 0 Å². The summed E-state index contributed by atoms with van der Waals surface area (Å²) in [4.78, 5) is 29.4. The monoisotopic (exact) mass is 512 g/mol. The third-order valence-electron chi connectivity index (χ3n) is 6.13. The lowest BCUT2D eigenvalue weighted by molar-refractivity contribution is -0.132. The quantitative estimate of drug-likeness (QED) is 0.431. The Morgan fingerprint density at radius 2 is 1.75 bits per heavy atom. The number of carbonyl (C=O) groups excluding carboxylic acids is 1. The van der Waals surface area contributed by atoms with E-state index in [4.69, 9.17) is 30.2 Å². The van der Waals surface area contributed by atoms with Crippen molar-refractivity contribution in [2.75, 3.05) is 40.4 Å². The van der Waals surface area contributed by atoms with Gasteiger partial charge in [0.05, 0.1) is 27.2 Å². The maximum absolute atomic E-state index is 12.9. The van der Waals surface area contributed by atoms with Gasteiger partial charge in [-0.1, -0.05) is 29.8 Å². The number of benzene rings is 2. The first kappa shape index (κ1) is 25.6. The first-order chi connectivity index (χ1) is 17.5. The van der Waals surface area contributed by atoms with Gasteiger partial charge in [0.25, 0.3) is 0 Å². The van der Waals surface area contributed by atoms with Gasteiger partial charge in [0.15, 0.2) is 0 Å². The van der Waals surface area contributed by atoms with Crippen LogP contribution in [0.25, 0.3) is 0 Å². The Morgan fingerprint density at radius 1 is 0.972 bits per heavy atom. The van der Waals surface area contributed by atoms with Crippen molar-refractivity contribution in [1.29, 1.82) is 0 Å². The van der Waals surface area contributed by atoms with Crippen molar-refractivity contribution in [3.63, 3.8) is 0 Å². The highest BCUT2D eigenvalue weighted by atomic mass is 35.5. The highest BCUT2D eigenvalue weighted by Gasteiger charge is 2.23. The molecule has 0 spiro atoms. The molecular formula is C27H29ClN2O6. The molecule has 0 bridgehead atoms. The fourth-order valence-electron chi connectivity index (χ4n) is 4.07. The number of methoxy groups -OCH3 is 2. The number of hydrogen-bond donors (Lipinski definition) is 0. The second kappa shape index (κ2) is 12.0. The molecule has 0 aliphatic carbocycles. The first-order valence-electron chi connectivity index (χ1n) is 11.7. The number of piperazine rings is 1. The van der Waals surface area contributed by atoms with Crippen molar-refractivity contribution >= 4 is 17.5 Å². The molecule has 2 aromatic carbocycles. The lowest BCUT2D eigenvalue weighted by atomic mass is 10.1. The molecule has 9 heteroatoms. The largest absolute Gasteiger partial charge is 0.497 e. The zero-order valence-electron chi connectivity index (χ0n) is 20.4. The standard InChI is InChI=1S/C27H29ClN2O6/c1-33-21-7-8-25(34-2)20(13-21)14-27(32)30-11-9-29(10-12-30)16-22-15-24(31)26(18-35-22)36-17-19-5-3-4-6-23(19)28/h3-8,13,15,18H,9-12,14,16-17H2,1-2H3. The van der Waals surface area contributed by atoms with Crippen LogP contribution in [0.1, 0.15) is 16.9 Å². The molecule has 0 saturated carbocycles. The van der Waals surface area contributed by atoms with Crippen LogP contribution in [0, 0.1) is 0 Å². The lowest BCUT2D eigenvalue weighted by Gasteiger charge is -2.34. The van der Waals surface area contributed by atoms with E-state index in [2.05, 4.69) is 4.90 Å². The highest BCUT2D eigenvalue weighted by molar-refractivity contribution is 6.31. The third kappa shape index (κ3) is 6.38. The van der Waals surface area contributed by atoms with Gasteiger partial charge >= 0.3 is 0 Å². The van der Waals surface area contributed by atoms with Gasteiger partial charge in [0.2, 0.25) is 17.1 Å². The van der Waals surface area contributed by atoms with Crippen molar-refractivity contribution < 1.29 is 23.4 Å². The van der Waals surface area contributed by atoms with E-state index in [0.717, 1.165) is 11.1 Å². The maximum Gasteiger partial charge on any atom is 0.227 e. The van der Waals surface area contributed by atoms with E-state index in [1.165, 1.54) is 12.3 Å². The molecule has 190 valence electrons. The van der Waals surface area contributed by atoms with Gasteiger partial charge < -0.3 is 23.5 Å². The smallest absolute Gasteiger partial charge is 0.227 e. The van der Waals surface area contributed by atoms with Crippen LogP contribution < -0.4 is 19.6 Å². The number of nitrogens with zero attached hydrogens (tertiary/aromatic N) is 2. The van der Waals surface area contributed by atoms with E-state index in [0.29, 0.717) is 55.0 Å². The molecule has 1 aliphatic heterocycles. The summed E-state index contributed by atoms with van der Waals surface area (Å²) in [6, 6.07) is 14.2. The van der Waals surface area contributed by atoms with Crippen molar-refractivity contribution in [2.24, 2.45) is 0 Å². The normalized spacial score (nSPS) is 13.9. The number of halogens is 1. The van der Waals surface area contributed by atoms with Crippen LogP contribution in [0.4, 0.5) is 0 Å². The lowest BCUT2D eigenvalue weighted by Crippen LogP contribution is -2.48. The summed E-state index contributed by atoms with van der Waals surface area (Å²) in [5.74, 6) is 2.07. The van der Waals surface area contributed by atoms with Gasteiger partial charge in [-0.25, -0.2) is 0 Å². The predicted octanol–water partition coefficient (Wildman–Crippen LogP) is 3.78. The summed E-state index contributed by atoms with van der Waals surface area (Å²) < 4.78 is 21.9. The topological polar surface area (TPSA) is 81.5 Å². The Labute approximate surface area is 214 Å². The van der Waals surface area contributed by atoms with Gasteiger partial charge in [0, 0.05) is 48.4 Å². The zero-order valence-corrected chi connectivity index (χ0v) is 21.1. The van der Waals surface area contributed by atoms with Gasteiger partial charge in [-0.05, 0) is 24.3 Å². The maximum atomic E-state index is 12.9. The van der Waals surface area contributed by atoms with Crippen LogP contribution in [-0.2, 0) is 24.4 Å². The van der Waals surface area contributed by atoms with Crippen molar-refractivity contribution in [1.82, 2.24) is 9.80 Å². The molecule has 0 radical (unpaired) electrons. The minimum atomic E-state index is -0.246. The molecular weight excluding hydrogens is 484 g/mol. The molecule has 0 unspecified atom stereocenters. The summed E-state index contributed by atoms with van der Waals surface area (Å²) in [5, 5.41) is 0.582. The van der Waals surface area contributed by atoms with Gasteiger partial charge in [-0.15, -0.1) is 0 Å². The Hall–Kier alpha value is -3.49. The number of carbonyl (C=O) groups is 1. The van der Waals surface area contributed by atoms with Crippen molar-refractivity contribution in [3.8, 4) is 17.2 Å². The average Bonchev–Trinajstić information content (AvgIpc) is 2.89. The Bertz CT molecular complexity index is 1250. The van der Waals surface area contributed by atoms with Crippen LogP contribution in [0.5, 0.6) is 17.2 Å². The fourth-order valence-corrected chi connectivity index (χ4v) is 4.26. The van der Waals surface area contributed by atoms with Crippen LogP contribution in [0.2, 0.25) is 5.02 Å². The first-order valence-corrected chi connectivity index (χ1v) is 12.0. The van der Waals surface area contributed by atoms with Crippen LogP contribution in [0.3, 0.4) is 0 Å². The van der Waals surface area contributed by atoms with E-state index in [1.807, 2.05) is 35.2 Å². The fraction of sp³-hybridized carbons (Fsp3) is 0.333. The summed E-state index contributed by atoms with van der Waals surface area (Å²) in [7, 11) is 3.18.